The van der Waals surface area contributed by atoms with Gasteiger partial charge >= 0.3 is 5.97 Å². The summed E-state index contributed by atoms with van der Waals surface area (Å²) in [5, 5.41) is -0.468. The molecule has 1 aromatic carbocycles. The number of rotatable bonds is 4. The lowest BCUT2D eigenvalue weighted by atomic mass is 10.1. The Kier molecular flexibility index (Phi) is 5.63. The molecular formula is C18H20N2O5S. The molecule has 0 saturated carbocycles. The van der Waals surface area contributed by atoms with Crippen LogP contribution in [0, 0.1) is 0 Å². The summed E-state index contributed by atoms with van der Waals surface area (Å²) in [6.07, 6.45) is 1.66. The van der Waals surface area contributed by atoms with E-state index in [-0.39, 0.29) is 0 Å². The van der Waals surface area contributed by atoms with E-state index in [4.69, 9.17) is 4.74 Å². The topological polar surface area (TPSA) is 76.2 Å². The first-order valence-corrected chi connectivity index (χ1v) is 9.10. The Morgan fingerprint density at radius 1 is 1.23 bits per heavy atom. The first kappa shape index (κ1) is 18.5. The van der Waals surface area contributed by atoms with Crippen molar-refractivity contribution in [1.29, 1.82) is 0 Å². The second-order valence-electron chi connectivity index (χ2n) is 5.94. The highest BCUT2D eigenvalue weighted by Gasteiger charge is 2.41. The summed E-state index contributed by atoms with van der Waals surface area (Å²) in [6.45, 7) is 4.61. The molecule has 2 heterocycles. The van der Waals surface area contributed by atoms with E-state index in [1.807, 2.05) is 24.3 Å². The predicted octanol–water partition coefficient (Wildman–Crippen LogP) is 2.12. The zero-order valence-corrected chi connectivity index (χ0v) is 15.5. The van der Waals surface area contributed by atoms with Crippen molar-refractivity contribution < 1.29 is 23.9 Å². The molecule has 3 rings (SSSR count). The molecule has 138 valence electrons. The van der Waals surface area contributed by atoms with Crippen molar-refractivity contribution in [3.05, 3.63) is 34.7 Å². The van der Waals surface area contributed by atoms with Gasteiger partial charge in [0.2, 0.25) is 0 Å². The van der Waals surface area contributed by atoms with Crippen LogP contribution in [0.25, 0.3) is 6.08 Å². The number of carbonyl (C=O) groups is 3. The van der Waals surface area contributed by atoms with Gasteiger partial charge in [0.1, 0.15) is 6.04 Å². The average molecular weight is 376 g/mol. The van der Waals surface area contributed by atoms with E-state index in [0.717, 1.165) is 41.0 Å². The Balaban J connectivity index is 1.74. The smallest absolute Gasteiger partial charge is 0.328 e. The number of thioether (sulfide) groups is 1. The van der Waals surface area contributed by atoms with Gasteiger partial charge in [-0.1, -0.05) is 12.1 Å². The van der Waals surface area contributed by atoms with Crippen molar-refractivity contribution in [3.8, 4) is 0 Å². The Morgan fingerprint density at radius 2 is 1.88 bits per heavy atom. The van der Waals surface area contributed by atoms with Gasteiger partial charge < -0.3 is 14.4 Å². The van der Waals surface area contributed by atoms with Crippen molar-refractivity contribution in [2.75, 3.05) is 38.3 Å². The van der Waals surface area contributed by atoms with Crippen LogP contribution in [0.2, 0.25) is 0 Å². The monoisotopic (exact) mass is 376 g/mol. The van der Waals surface area contributed by atoms with Gasteiger partial charge in [0, 0.05) is 18.8 Å². The fourth-order valence-electron chi connectivity index (χ4n) is 2.84. The van der Waals surface area contributed by atoms with E-state index in [9.17, 15) is 14.4 Å². The first-order chi connectivity index (χ1) is 12.5. The van der Waals surface area contributed by atoms with Crippen LogP contribution in [0.1, 0.15) is 12.5 Å². The SMILES string of the molecule is COC(=O)C(C)N1C(=O)SC(=Cc2ccc(N3CCOCC3)cc2)C1=O. The molecule has 8 heteroatoms. The Hall–Kier alpha value is -2.32. The highest BCUT2D eigenvalue weighted by molar-refractivity contribution is 8.18. The molecule has 2 aliphatic rings. The van der Waals surface area contributed by atoms with Gasteiger partial charge in [-0.25, -0.2) is 4.79 Å². The standard InChI is InChI=1S/C18H20N2O5S/c1-12(17(22)24-2)20-16(21)15(26-18(20)23)11-13-3-5-14(6-4-13)19-7-9-25-10-8-19/h3-6,11-12H,7-10H2,1-2H3. The lowest BCUT2D eigenvalue weighted by molar-refractivity contribution is -0.148. The highest BCUT2D eigenvalue weighted by Crippen LogP contribution is 2.34. The van der Waals surface area contributed by atoms with Crippen molar-refractivity contribution >= 4 is 40.6 Å². The lowest BCUT2D eigenvalue weighted by Crippen LogP contribution is -2.42. The third kappa shape index (κ3) is 3.76. The molecule has 1 atom stereocenters. The average Bonchev–Trinajstić information content (AvgIpc) is 2.95. The number of carbonyl (C=O) groups excluding carboxylic acids is 3. The molecule has 0 spiro atoms. The molecule has 0 aliphatic carbocycles. The largest absolute Gasteiger partial charge is 0.467 e. The maximum absolute atomic E-state index is 12.5. The number of hydrogen-bond acceptors (Lipinski definition) is 7. The van der Waals surface area contributed by atoms with Gasteiger partial charge in [0.05, 0.1) is 25.2 Å². The van der Waals surface area contributed by atoms with Crippen LogP contribution in [-0.4, -0.2) is 61.5 Å². The minimum absolute atomic E-state index is 0.296. The second kappa shape index (κ2) is 7.92. The third-order valence-electron chi connectivity index (χ3n) is 4.32. The summed E-state index contributed by atoms with van der Waals surface area (Å²) in [4.78, 5) is 39.7. The molecule has 2 aliphatic heterocycles. The number of morpholine rings is 1. The van der Waals surface area contributed by atoms with Gasteiger partial charge in [-0.05, 0) is 42.5 Å². The summed E-state index contributed by atoms with van der Waals surface area (Å²) in [7, 11) is 1.23. The summed E-state index contributed by atoms with van der Waals surface area (Å²) < 4.78 is 9.97. The number of methoxy groups -OCH3 is 1. The number of nitrogens with zero attached hydrogens (tertiary/aromatic N) is 2. The number of ether oxygens (including phenoxy) is 2. The Bertz CT molecular complexity index is 740. The molecule has 2 amide bonds. The van der Waals surface area contributed by atoms with Crippen LogP contribution >= 0.6 is 11.8 Å². The number of benzene rings is 1. The number of esters is 1. The number of hydrogen-bond donors (Lipinski definition) is 0. The van der Waals surface area contributed by atoms with Gasteiger partial charge in [0.25, 0.3) is 11.1 Å². The predicted molar refractivity (Wildman–Crippen MR) is 98.8 cm³/mol. The minimum atomic E-state index is -0.943. The van der Waals surface area contributed by atoms with Crippen LogP contribution in [0.5, 0.6) is 0 Å². The van der Waals surface area contributed by atoms with Gasteiger partial charge in [-0.3, -0.25) is 14.5 Å². The molecule has 2 saturated heterocycles. The second-order valence-corrected chi connectivity index (χ2v) is 6.93. The fraction of sp³-hybridized carbons (Fsp3) is 0.389. The number of amides is 2. The quantitative estimate of drug-likeness (QED) is 0.588. The van der Waals surface area contributed by atoms with Gasteiger partial charge in [0.15, 0.2) is 0 Å². The first-order valence-electron chi connectivity index (χ1n) is 8.29. The van der Waals surface area contributed by atoms with Crippen molar-refractivity contribution in [3.63, 3.8) is 0 Å². The molecule has 0 aromatic heterocycles. The van der Waals surface area contributed by atoms with Gasteiger partial charge in [-0.15, -0.1) is 0 Å². The van der Waals surface area contributed by atoms with Crippen molar-refractivity contribution in [2.24, 2.45) is 0 Å². The van der Waals surface area contributed by atoms with Crippen LogP contribution < -0.4 is 4.90 Å². The zero-order chi connectivity index (χ0) is 18.7. The van der Waals surface area contributed by atoms with Crippen LogP contribution in [0.3, 0.4) is 0 Å². The summed E-state index contributed by atoms with van der Waals surface area (Å²) in [5.41, 5.74) is 1.91. The Labute approximate surface area is 155 Å². The third-order valence-corrected chi connectivity index (χ3v) is 5.20. The maximum Gasteiger partial charge on any atom is 0.328 e. The molecule has 0 bridgehead atoms. The van der Waals surface area contributed by atoms with E-state index < -0.39 is 23.2 Å². The molecule has 1 unspecified atom stereocenters. The molecule has 2 fully saturated rings. The van der Waals surface area contributed by atoms with Crippen LogP contribution in [-0.2, 0) is 19.1 Å². The molecule has 1 aromatic rings. The molecule has 26 heavy (non-hydrogen) atoms. The highest BCUT2D eigenvalue weighted by atomic mass is 32.2. The Morgan fingerprint density at radius 3 is 2.50 bits per heavy atom. The molecule has 0 N–H and O–H groups in total. The maximum atomic E-state index is 12.5. The van der Waals surface area contributed by atoms with Gasteiger partial charge in [-0.2, -0.15) is 0 Å². The van der Waals surface area contributed by atoms with E-state index in [2.05, 4.69) is 9.64 Å². The molecule has 0 radical (unpaired) electrons. The van der Waals surface area contributed by atoms with E-state index in [1.165, 1.54) is 14.0 Å². The van der Waals surface area contributed by atoms with Crippen LogP contribution in [0.15, 0.2) is 29.2 Å². The van der Waals surface area contributed by atoms with E-state index >= 15 is 0 Å². The minimum Gasteiger partial charge on any atom is -0.467 e. The number of imide groups is 1. The number of anilines is 1. The summed E-state index contributed by atoms with van der Waals surface area (Å²) in [6, 6.07) is 6.84. The summed E-state index contributed by atoms with van der Waals surface area (Å²) in [5.74, 6) is -1.10. The lowest BCUT2D eigenvalue weighted by Gasteiger charge is -2.28. The van der Waals surface area contributed by atoms with E-state index in [1.54, 1.807) is 6.08 Å². The van der Waals surface area contributed by atoms with Crippen LogP contribution in [0.4, 0.5) is 10.5 Å². The summed E-state index contributed by atoms with van der Waals surface area (Å²) >= 11 is 0.829. The van der Waals surface area contributed by atoms with Crippen molar-refractivity contribution in [2.45, 2.75) is 13.0 Å². The van der Waals surface area contributed by atoms with E-state index in [0.29, 0.717) is 18.1 Å². The fourth-order valence-corrected chi connectivity index (χ4v) is 3.75. The molecular weight excluding hydrogens is 356 g/mol. The normalized spacial score (nSPS) is 20.6. The zero-order valence-electron chi connectivity index (χ0n) is 14.6. The van der Waals surface area contributed by atoms with Crippen molar-refractivity contribution in [1.82, 2.24) is 4.90 Å². The molecule has 7 nitrogen and oxygen atoms in total.